The molecule has 1 aliphatic heterocycles. The first-order valence-corrected chi connectivity index (χ1v) is 8.00. The van der Waals surface area contributed by atoms with Crippen molar-refractivity contribution in [1.29, 1.82) is 0 Å². The molecule has 0 spiro atoms. The zero-order valence-corrected chi connectivity index (χ0v) is 16.7. The van der Waals surface area contributed by atoms with Crippen LogP contribution in [0.3, 0.4) is 0 Å². The summed E-state index contributed by atoms with van der Waals surface area (Å²) < 4.78 is 5.38. The summed E-state index contributed by atoms with van der Waals surface area (Å²) in [5.41, 5.74) is 0. The minimum atomic E-state index is 0. The lowest BCUT2D eigenvalue weighted by molar-refractivity contribution is 0.0320. The highest BCUT2D eigenvalue weighted by atomic mass is 127. The van der Waals surface area contributed by atoms with Gasteiger partial charge in [0.1, 0.15) is 0 Å². The van der Waals surface area contributed by atoms with Gasteiger partial charge in [-0.25, -0.2) is 0 Å². The highest BCUT2D eigenvalue weighted by Crippen LogP contribution is 2.03. The minimum absolute atomic E-state index is 0. The van der Waals surface area contributed by atoms with Crippen molar-refractivity contribution in [2.24, 2.45) is 10.9 Å². The number of nitrogens with zero attached hydrogens (tertiary/aromatic N) is 3. The first-order valence-electron chi connectivity index (χ1n) is 8.00. The molecular formula is C16H33IN4O. The fourth-order valence-electron chi connectivity index (χ4n) is 2.52. The lowest BCUT2D eigenvalue weighted by Gasteiger charge is -2.30. The monoisotopic (exact) mass is 424 g/mol. The summed E-state index contributed by atoms with van der Waals surface area (Å²) in [6, 6.07) is 0. The van der Waals surface area contributed by atoms with Crippen molar-refractivity contribution in [1.82, 2.24) is 15.1 Å². The van der Waals surface area contributed by atoms with Crippen LogP contribution in [0.2, 0.25) is 0 Å². The van der Waals surface area contributed by atoms with E-state index in [-0.39, 0.29) is 24.0 Å². The Kier molecular flexibility index (Phi) is 12.9. The number of hydrogen-bond donors (Lipinski definition) is 1. The van der Waals surface area contributed by atoms with Gasteiger partial charge in [-0.3, -0.25) is 9.89 Å². The number of guanidine groups is 1. The first-order chi connectivity index (χ1) is 10.2. The van der Waals surface area contributed by atoms with Crippen molar-refractivity contribution in [2.75, 3.05) is 60.0 Å². The Morgan fingerprint density at radius 3 is 2.73 bits per heavy atom. The summed E-state index contributed by atoms with van der Waals surface area (Å²) in [4.78, 5) is 9.02. The fraction of sp³-hybridized carbons (Fsp3) is 0.812. The summed E-state index contributed by atoms with van der Waals surface area (Å²) in [6.45, 7) is 13.0. The average molecular weight is 424 g/mol. The predicted molar refractivity (Wildman–Crippen MR) is 105 cm³/mol. The Balaban J connectivity index is 0.00000441. The summed E-state index contributed by atoms with van der Waals surface area (Å²) in [6.07, 6.45) is 4.13. The minimum Gasteiger partial charge on any atom is -0.379 e. The molecule has 0 aromatic rings. The number of unbranched alkanes of at least 4 members (excludes halogenated alkanes) is 1. The Morgan fingerprint density at radius 2 is 2.14 bits per heavy atom. The quantitative estimate of drug-likeness (QED) is 0.213. The molecule has 1 rings (SSSR count). The largest absolute Gasteiger partial charge is 0.379 e. The summed E-state index contributed by atoms with van der Waals surface area (Å²) in [7, 11) is 3.93. The highest BCUT2D eigenvalue weighted by molar-refractivity contribution is 14.0. The summed E-state index contributed by atoms with van der Waals surface area (Å²) in [5, 5.41) is 3.48. The number of aliphatic imine (C=N–C) groups is 1. The molecule has 130 valence electrons. The highest BCUT2D eigenvalue weighted by Gasteiger charge is 2.14. The Hall–Kier alpha value is -0.340. The van der Waals surface area contributed by atoms with Crippen LogP contribution in [0, 0.1) is 5.92 Å². The van der Waals surface area contributed by atoms with E-state index in [4.69, 9.17) is 4.74 Å². The molecule has 1 atom stereocenters. The van der Waals surface area contributed by atoms with Gasteiger partial charge >= 0.3 is 0 Å². The molecule has 22 heavy (non-hydrogen) atoms. The molecule has 0 radical (unpaired) electrons. The normalized spacial score (nSPS) is 17.5. The van der Waals surface area contributed by atoms with Crippen LogP contribution in [0.1, 0.15) is 19.8 Å². The fourth-order valence-corrected chi connectivity index (χ4v) is 2.52. The zero-order chi connectivity index (χ0) is 15.5. The van der Waals surface area contributed by atoms with E-state index in [2.05, 4.69) is 40.7 Å². The second-order valence-electron chi connectivity index (χ2n) is 5.80. The number of ether oxygens (including phenoxy) is 1. The van der Waals surface area contributed by atoms with Gasteiger partial charge in [0.2, 0.25) is 0 Å². The molecule has 1 saturated heterocycles. The second kappa shape index (κ2) is 13.1. The first kappa shape index (κ1) is 21.7. The molecule has 5 nitrogen and oxygen atoms in total. The van der Waals surface area contributed by atoms with Gasteiger partial charge in [0.25, 0.3) is 0 Å². The maximum absolute atomic E-state index is 5.38. The van der Waals surface area contributed by atoms with E-state index in [0.717, 1.165) is 64.7 Å². The van der Waals surface area contributed by atoms with Gasteiger partial charge in [-0.05, 0) is 18.8 Å². The molecule has 0 bridgehead atoms. The molecule has 0 saturated carbocycles. The van der Waals surface area contributed by atoms with Crippen molar-refractivity contribution in [3.05, 3.63) is 12.7 Å². The molecule has 0 aromatic carbocycles. The molecule has 0 aliphatic carbocycles. The van der Waals surface area contributed by atoms with Gasteiger partial charge in [0.15, 0.2) is 5.96 Å². The molecule has 0 amide bonds. The van der Waals surface area contributed by atoms with E-state index >= 15 is 0 Å². The predicted octanol–water partition coefficient (Wildman–Crippen LogP) is 2.05. The Morgan fingerprint density at radius 1 is 1.45 bits per heavy atom. The third-order valence-electron chi connectivity index (χ3n) is 3.76. The number of hydrogen-bond acceptors (Lipinski definition) is 3. The van der Waals surface area contributed by atoms with Gasteiger partial charge < -0.3 is 15.0 Å². The maximum atomic E-state index is 5.38. The van der Waals surface area contributed by atoms with E-state index in [0.29, 0.717) is 5.92 Å². The van der Waals surface area contributed by atoms with Gasteiger partial charge in [-0.1, -0.05) is 13.0 Å². The second-order valence-corrected chi connectivity index (χ2v) is 5.80. The van der Waals surface area contributed by atoms with E-state index in [1.165, 1.54) is 0 Å². The van der Waals surface area contributed by atoms with Crippen LogP contribution in [-0.2, 0) is 4.74 Å². The van der Waals surface area contributed by atoms with Crippen LogP contribution in [0.5, 0.6) is 0 Å². The number of nitrogens with one attached hydrogen (secondary N) is 1. The standard InChI is InChI=1S/C16H32N4O.HI/c1-5-6-7-8-19(4)16(17-3)18-13-15(2)14-20-9-11-21-12-10-20;/h5,15H,1,6-14H2,2-4H3,(H,17,18);1H. The molecule has 1 N–H and O–H groups in total. The molecule has 6 heteroatoms. The van der Waals surface area contributed by atoms with Crippen LogP contribution in [-0.4, -0.2) is 75.8 Å². The van der Waals surface area contributed by atoms with Crippen LogP contribution < -0.4 is 5.32 Å². The summed E-state index contributed by atoms with van der Waals surface area (Å²) in [5.74, 6) is 1.58. The van der Waals surface area contributed by atoms with E-state index in [1.807, 2.05) is 13.1 Å². The van der Waals surface area contributed by atoms with Crippen molar-refractivity contribution >= 4 is 29.9 Å². The Labute approximate surface area is 153 Å². The number of halogens is 1. The number of rotatable bonds is 8. The van der Waals surface area contributed by atoms with Gasteiger partial charge in [0.05, 0.1) is 13.2 Å². The molecule has 1 fully saturated rings. The van der Waals surface area contributed by atoms with Crippen molar-refractivity contribution in [3.63, 3.8) is 0 Å². The number of allylic oxidation sites excluding steroid dienone is 1. The van der Waals surface area contributed by atoms with Crippen LogP contribution >= 0.6 is 24.0 Å². The van der Waals surface area contributed by atoms with E-state index in [1.54, 1.807) is 0 Å². The van der Waals surface area contributed by atoms with Crippen LogP contribution in [0.15, 0.2) is 17.6 Å². The van der Waals surface area contributed by atoms with Crippen LogP contribution in [0.4, 0.5) is 0 Å². The average Bonchev–Trinajstić information content (AvgIpc) is 2.49. The smallest absolute Gasteiger partial charge is 0.193 e. The van der Waals surface area contributed by atoms with Crippen LogP contribution in [0.25, 0.3) is 0 Å². The maximum Gasteiger partial charge on any atom is 0.193 e. The third kappa shape index (κ3) is 8.95. The molecule has 1 heterocycles. The van der Waals surface area contributed by atoms with Crippen molar-refractivity contribution in [3.8, 4) is 0 Å². The summed E-state index contributed by atoms with van der Waals surface area (Å²) >= 11 is 0. The molecule has 1 aliphatic rings. The van der Waals surface area contributed by atoms with Gasteiger partial charge in [0, 0.05) is 46.8 Å². The SMILES string of the molecule is C=CCCCN(C)C(=NC)NCC(C)CN1CCOCC1.I. The topological polar surface area (TPSA) is 40.1 Å². The molecular weight excluding hydrogens is 391 g/mol. The molecule has 0 aromatic heterocycles. The van der Waals surface area contributed by atoms with Gasteiger partial charge in [-0.2, -0.15) is 0 Å². The van der Waals surface area contributed by atoms with Crippen molar-refractivity contribution < 1.29 is 4.74 Å². The Bertz CT molecular complexity index is 319. The lowest BCUT2D eigenvalue weighted by atomic mass is 10.1. The van der Waals surface area contributed by atoms with Crippen molar-refractivity contribution in [2.45, 2.75) is 19.8 Å². The van der Waals surface area contributed by atoms with E-state index in [9.17, 15) is 0 Å². The molecule has 1 unspecified atom stereocenters. The van der Waals surface area contributed by atoms with E-state index < -0.39 is 0 Å². The zero-order valence-electron chi connectivity index (χ0n) is 14.4. The lowest BCUT2D eigenvalue weighted by Crippen LogP contribution is -2.44. The number of morpholine rings is 1. The third-order valence-corrected chi connectivity index (χ3v) is 3.76. The van der Waals surface area contributed by atoms with Gasteiger partial charge in [-0.15, -0.1) is 30.6 Å².